The van der Waals surface area contributed by atoms with Gasteiger partial charge in [0, 0.05) is 17.6 Å². The monoisotopic (exact) mass is 315 g/mol. The summed E-state index contributed by atoms with van der Waals surface area (Å²) >= 11 is 0. The average Bonchev–Trinajstić information content (AvgIpc) is 2.81. The number of aromatic nitrogens is 2. The van der Waals surface area contributed by atoms with E-state index < -0.39 is 11.5 Å². The van der Waals surface area contributed by atoms with Crippen molar-refractivity contribution in [2.24, 2.45) is 0 Å². The molecule has 0 bridgehead atoms. The van der Waals surface area contributed by atoms with Crippen LogP contribution in [0.2, 0.25) is 0 Å². The normalized spacial score (nSPS) is 11.2. The lowest BCUT2D eigenvalue weighted by Gasteiger charge is -2.23. The van der Waals surface area contributed by atoms with Crippen LogP contribution in [0.5, 0.6) is 0 Å². The summed E-state index contributed by atoms with van der Waals surface area (Å²) in [6.45, 7) is 6.97. The van der Waals surface area contributed by atoms with Gasteiger partial charge in [-0.05, 0) is 45.9 Å². The molecule has 0 aliphatic rings. The Balaban J connectivity index is 2.35. The molecular weight excluding hydrogens is 294 g/mol. The Labute approximate surface area is 135 Å². The SMILES string of the molecule is COC(=O)C(C)(C)NC(=O)c1cc(C)n(-c2ccccn2)c1C. The second-order valence-corrected chi connectivity index (χ2v) is 5.88. The third-order valence-electron chi connectivity index (χ3n) is 3.68. The van der Waals surface area contributed by atoms with Gasteiger partial charge in [0.15, 0.2) is 0 Å². The first-order valence-electron chi connectivity index (χ1n) is 7.29. The third-order valence-corrected chi connectivity index (χ3v) is 3.68. The molecule has 0 saturated carbocycles. The average molecular weight is 315 g/mol. The zero-order valence-corrected chi connectivity index (χ0v) is 14.0. The van der Waals surface area contributed by atoms with E-state index in [0.29, 0.717) is 5.56 Å². The van der Waals surface area contributed by atoms with Crippen LogP contribution < -0.4 is 5.32 Å². The molecular formula is C17H21N3O3. The smallest absolute Gasteiger partial charge is 0.330 e. The molecule has 0 aliphatic heterocycles. The van der Waals surface area contributed by atoms with Crippen molar-refractivity contribution in [2.45, 2.75) is 33.2 Å². The molecule has 2 aromatic heterocycles. The van der Waals surface area contributed by atoms with E-state index in [0.717, 1.165) is 17.2 Å². The van der Waals surface area contributed by atoms with Crippen molar-refractivity contribution in [1.82, 2.24) is 14.9 Å². The Morgan fingerprint density at radius 2 is 1.96 bits per heavy atom. The predicted octanol–water partition coefficient (Wildman–Crippen LogP) is 2.17. The quantitative estimate of drug-likeness (QED) is 0.878. The highest BCUT2D eigenvalue weighted by atomic mass is 16.5. The minimum Gasteiger partial charge on any atom is -0.467 e. The maximum Gasteiger partial charge on any atom is 0.330 e. The van der Waals surface area contributed by atoms with Gasteiger partial charge < -0.3 is 14.6 Å². The van der Waals surface area contributed by atoms with Crippen molar-refractivity contribution >= 4 is 11.9 Å². The molecule has 0 spiro atoms. The van der Waals surface area contributed by atoms with Gasteiger partial charge in [0.05, 0.1) is 12.7 Å². The minimum atomic E-state index is -1.10. The molecule has 6 nitrogen and oxygen atoms in total. The van der Waals surface area contributed by atoms with E-state index in [4.69, 9.17) is 4.74 Å². The van der Waals surface area contributed by atoms with E-state index in [1.807, 2.05) is 36.6 Å². The zero-order chi connectivity index (χ0) is 17.2. The number of carbonyl (C=O) groups excluding carboxylic acids is 2. The maximum atomic E-state index is 12.5. The molecule has 0 aliphatic carbocycles. The largest absolute Gasteiger partial charge is 0.467 e. The Morgan fingerprint density at radius 1 is 1.26 bits per heavy atom. The van der Waals surface area contributed by atoms with E-state index in [2.05, 4.69) is 10.3 Å². The Morgan fingerprint density at radius 3 is 2.52 bits per heavy atom. The molecule has 2 aromatic rings. The van der Waals surface area contributed by atoms with Gasteiger partial charge in [-0.15, -0.1) is 0 Å². The van der Waals surface area contributed by atoms with E-state index in [1.165, 1.54) is 7.11 Å². The fourth-order valence-electron chi connectivity index (χ4n) is 2.49. The molecule has 23 heavy (non-hydrogen) atoms. The maximum absolute atomic E-state index is 12.5. The van der Waals surface area contributed by atoms with Gasteiger partial charge in [0.1, 0.15) is 11.4 Å². The van der Waals surface area contributed by atoms with Crippen molar-refractivity contribution in [1.29, 1.82) is 0 Å². The van der Waals surface area contributed by atoms with Crippen molar-refractivity contribution in [3.8, 4) is 5.82 Å². The molecule has 0 aromatic carbocycles. The number of carbonyl (C=O) groups is 2. The molecule has 0 saturated heterocycles. The van der Waals surface area contributed by atoms with Gasteiger partial charge in [-0.3, -0.25) is 4.79 Å². The van der Waals surface area contributed by atoms with Crippen LogP contribution in [-0.2, 0) is 9.53 Å². The summed E-state index contributed by atoms with van der Waals surface area (Å²) in [6.07, 6.45) is 1.70. The van der Waals surface area contributed by atoms with Gasteiger partial charge in [0.25, 0.3) is 5.91 Å². The van der Waals surface area contributed by atoms with Gasteiger partial charge in [-0.1, -0.05) is 6.07 Å². The lowest BCUT2D eigenvalue weighted by Crippen LogP contribution is -2.50. The zero-order valence-electron chi connectivity index (χ0n) is 14.0. The summed E-state index contributed by atoms with van der Waals surface area (Å²) in [5.74, 6) is -0.0751. The molecule has 0 radical (unpaired) electrons. The highest BCUT2D eigenvalue weighted by Crippen LogP contribution is 2.20. The summed E-state index contributed by atoms with van der Waals surface area (Å²) < 4.78 is 6.61. The van der Waals surface area contributed by atoms with Crippen LogP contribution in [0.15, 0.2) is 30.5 Å². The second kappa shape index (κ2) is 6.24. The Hall–Kier alpha value is -2.63. The van der Waals surface area contributed by atoms with Crippen molar-refractivity contribution in [3.63, 3.8) is 0 Å². The molecule has 0 unspecified atom stereocenters. The molecule has 122 valence electrons. The van der Waals surface area contributed by atoms with E-state index in [-0.39, 0.29) is 5.91 Å². The third kappa shape index (κ3) is 3.26. The standard InChI is InChI=1S/C17H21N3O3/c1-11-10-13(15(21)19-17(3,4)16(22)23-5)12(2)20(11)14-8-6-7-9-18-14/h6-10H,1-5H3,(H,19,21). The van der Waals surface area contributed by atoms with E-state index >= 15 is 0 Å². The van der Waals surface area contributed by atoms with E-state index in [1.54, 1.807) is 26.1 Å². The summed E-state index contributed by atoms with van der Waals surface area (Å²) in [7, 11) is 1.29. The van der Waals surface area contributed by atoms with Crippen LogP contribution in [0, 0.1) is 13.8 Å². The first-order chi connectivity index (χ1) is 10.8. The fraction of sp³-hybridized carbons (Fsp3) is 0.353. The molecule has 6 heteroatoms. The van der Waals surface area contributed by atoms with Crippen molar-refractivity contribution in [3.05, 3.63) is 47.4 Å². The van der Waals surface area contributed by atoms with E-state index in [9.17, 15) is 9.59 Å². The van der Waals surface area contributed by atoms with Gasteiger partial charge in [0.2, 0.25) is 0 Å². The summed E-state index contributed by atoms with van der Waals surface area (Å²) in [6, 6.07) is 7.39. The van der Waals surface area contributed by atoms with Crippen molar-refractivity contribution in [2.75, 3.05) is 7.11 Å². The number of methoxy groups -OCH3 is 1. The summed E-state index contributed by atoms with van der Waals surface area (Å²) in [5.41, 5.74) is 1.06. The van der Waals surface area contributed by atoms with Crippen LogP contribution in [0.1, 0.15) is 35.6 Å². The lowest BCUT2D eigenvalue weighted by atomic mass is 10.1. The number of nitrogens with one attached hydrogen (secondary N) is 1. The number of esters is 1. The molecule has 2 rings (SSSR count). The van der Waals surface area contributed by atoms with Crippen LogP contribution in [-0.4, -0.2) is 34.1 Å². The Bertz CT molecular complexity index is 733. The van der Waals surface area contributed by atoms with Crippen molar-refractivity contribution < 1.29 is 14.3 Å². The van der Waals surface area contributed by atoms with Gasteiger partial charge >= 0.3 is 5.97 Å². The highest BCUT2D eigenvalue weighted by Gasteiger charge is 2.32. The number of hydrogen-bond acceptors (Lipinski definition) is 4. The van der Waals surface area contributed by atoms with Crippen LogP contribution in [0.4, 0.5) is 0 Å². The summed E-state index contributed by atoms with van der Waals surface area (Å²) in [5, 5.41) is 2.71. The number of nitrogens with zero attached hydrogens (tertiary/aromatic N) is 2. The first kappa shape index (κ1) is 16.7. The van der Waals surface area contributed by atoms with Crippen LogP contribution >= 0.6 is 0 Å². The molecule has 2 heterocycles. The van der Waals surface area contributed by atoms with Gasteiger partial charge in [-0.25, -0.2) is 9.78 Å². The fourth-order valence-corrected chi connectivity index (χ4v) is 2.49. The predicted molar refractivity (Wildman–Crippen MR) is 86.6 cm³/mol. The second-order valence-electron chi connectivity index (χ2n) is 5.88. The topological polar surface area (TPSA) is 73.2 Å². The molecule has 0 fully saturated rings. The number of hydrogen-bond donors (Lipinski definition) is 1. The summed E-state index contributed by atoms with van der Waals surface area (Å²) in [4.78, 5) is 28.6. The minimum absolute atomic E-state index is 0.323. The molecule has 1 N–H and O–H groups in total. The van der Waals surface area contributed by atoms with Crippen LogP contribution in [0.25, 0.3) is 5.82 Å². The number of rotatable bonds is 4. The highest BCUT2D eigenvalue weighted by molar-refractivity contribution is 5.99. The van der Waals surface area contributed by atoms with Crippen LogP contribution in [0.3, 0.4) is 0 Å². The molecule has 0 atom stereocenters. The Kier molecular flexibility index (Phi) is 4.54. The number of amides is 1. The number of ether oxygens (including phenoxy) is 1. The first-order valence-corrected chi connectivity index (χ1v) is 7.29. The van der Waals surface area contributed by atoms with Gasteiger partial charge in [-0.2, -0.15) is 0 Å². The number of aryl methyl sites for hydroxylation is 1. The lowest BCUT2D eigenvalue weighted by molar-refractivity contribution is -0.146. The number of pyridine rings is 1. The molecule has 1 amide bonds.